The van der Waals surface area contributed by atoms with E-state index in [0.29, 0.717) is 21.7 Å². The van der Waals surface area contributed by atoms with E-state index in [0.717, 1.165) is 5.39 Å². The summed E-state index contributed by atoms with van der Waals surface area (Å²) in [5.74, 6) is -0.000404. The molecule has 0 atom stereocenters. The lowest BCUT2D eigenvalue weighted by Gasteiger charge is -1.97. The largest absolute Gasteiger partial charge is 0.451 e. The lowest BCUT2D eigenvalue weighted by atomic mass is 10.1. The van der Waals surface area contributed by atoms with Gasteiger partial charge in [-0.1, -0.05) is 23.7 Å². The molecular formula is C16H8ClNO2. The summed E-state index contributed by atoms with van der Waals surface area (Å²) < 4.78 is 5.53. The maximum Gasteiger partial charge on any atom is 0.228 e. The standard InChI is InChI=1S/C16H8ClNO2/c17-13-3-1-2-12-8-14(20-16(12)13)15(19)11-6-4-10(9-18)5-7-11/h1-8H. The summed E-state index contributed by atoms with van der Waals surface area (Å²) in [6, 6.07) is 15.4. The normalized spacial score (nSPS) is 10.4. The topological polar surface area (TPSA) is 54.0 Å². The first-order valence-corrected chi connectivity index (χ1v) is 6.30. The second kappa shape index (κ2) is 4.84. The Bertz CT molecular complexity index is 841. The Kier molecular flexibility index (Phi) is 3.02. The number of carbonyl (C=O) groups excluding carboxylic acids is 1. The van der Waals surface area contributed by atoms with Crippen LogP contribution in [0.5, 0.6) is 0 Å². The summed E-state index contributed by atoms with van der Waals surface area (Å²) in [5, 5.41) is 10.0. The van der Waals surface area contributed by atoms with Gasteiger partial charge in [-0.2, -0.15) is 5.26 Å². The second-order valence-corrected chi connectivity index (χ2v) is 4.69. The highest BCUT2D eigenvalue weighted by Crippen LogP contribution is 2.27. The molecule has 0 aliphatic heterocycles. The van der Waals surface area contributed by atoms with Gasteiger partial charge in [-0.25, -0.2) is 0 Å². The molecule has 0 saturated heterocycles. The fourth-order valence-corrected chi connectivity index (χ4v) is 2.20. The third kappa shape index (κ3) is 2.07. The van der Waals surface area contributed by atoms with Crippen molar-refractivity contribution in [2.45, 2.75) is 0 Å². The maximum atomic E-state index is 12.3. The number of nitrogens with zero attached hydrogens (tertiary/aromatic N) is 1. The molecule has 0 unspecified atom stereocenters. The van der Waals surface area contributed by atoms with Gasteiger partial charge in [0.25, 0.3) is 0 Å². The number of rotatable bonds is 2. The van der Waals surface area contributed by atoms with Gasteiger partial charge >= 0.3 is 0 Å². The number of carbonyl (C=O) groups is 1. The minimum absolute atomic E-state index is 0.234. The number of hydrogen-bond acceptors (Lipinski definition) is 3. The Morgan fingerprint density at radius 3 is 2.55 bits per heavy atom. The van der Waals surface area contributed by atoms with E-state index in [2.05, 4.69) is 0 Å². The molecule has 0 radical (unpaired) electrons. The van der Waals surface area contributed by atoms with Gasteiger partial charge < -0.3 is 4.42 Å². The fourth-order valence-electron chi connectivity index (χ4n) is 1.98. The van der Waals surface area contributed by atoms with Gasteiger partial charge in [-0.3, -0.25) is 4.79 Å². The average Bonchev–Trinajstić information content (AvgIpc) is 2.92. The van der Waals surface area contributed by atoms with Gasteiger partial charge in [-0.15, -0.1) is 0 Å². The molecule has 0 aliphatic rings. The molecule has 0 amide bonds. The molecule has 1 aromatic heterocycles. The van der Waals surface area contributed by atoms with Crippen LogP contribution in [0.3, 0.4) is 0 Å². The lowest BCUT2D eigenvalue weighted by Crippen LogP contribution is -1.99. The van der Waals surface area contributed by atoms with E-state index in [-0.39, 0.29) is 11.5 Å². The molecule has 3 aromatic rings. The zero-order valence-corrected chi connectivity index (χ0v) is 11.0. The van der Waals surface area contributed by atoms with Crippen molar-refractivity contribution in [3.63, 3.8) is 0 Å². The highest BCUT2D eigenvalue weighted by atomic mass is 35.5. The molecule has 3 rings (SSSR count). The van der Waals surface area contributed by atoms with Crippen molar-refractivity contribution in [1.82, 2.24) is 0 Å². The van der Waals surface area contributed by atoms with E-state index in [4.69, 9.17) is 21.3 Å². The summed E-state index contributed by atoms with van der Waals surface area (Å²) >= 11 is 6.02. The van der Waals surface area contributed by atoms with Crippen LogP contribution in [-0.2, 0) is 0 Å². The predicted octanol–water partition coefficient (Wildman–Crippen LogP) is 4.19. The first-order chi connectivity index (χ1) is 9.69. The Labute approximate surface area is 120 Å². The predicted molar refractivity (Wildman–Crippen MR) is 75.8 cm³/mol. The average molecular weight is 282 g/mol. The van der Waals surface area contributed by atoms with Crippen LogP contribution < -0.4 is 0 Å². The van der Waals surface area contributed by atoms with Crippen LogP contribution in [0, 0.1) is 11.3 Å². The van der Waals surface area contributed by atoms with Crippen LogP contribution >= 0.6 is 11.6 Å². The first-order valence-electron chi connectivity index (χ1n) is 5.92. The van der Waals surface area contributed by atoms with Crippen LogP contribution in [0.15, 0.2) is 52.9 Å². The van der Waals surface area contributed by atoms with Crippen LogP contribution in [-0.4, -0.2) is 5.78 Å². The zero-order chi connectivity index (χ0) is 14.1. The third-order valence-corrected chi connectivity index (χ3v) is 3.29. The molecule has 0 fully saturated rings. The molecule has 96 valence electrons. The molecule has 1 heterocycles. The number of fused-ring (bicyclic) bond motifs is 1. The number of para-hydroxylation sites is 1. The summed E-state index contributed by atoms with van der Waals surface area (Å²) in [6.45, 7) is 0. The number of nitriles is 1. The van der Waals surface area contributed by atoms with E-state index in [9.17, 15) is 4.79 Å². The monoisotopic (exact) mass is 281 g/mol. The Morgan fingerprint density at radius 2 is 1.90 bits per heavy atom. The van der Waals surface area contributed by atoms with Crippen molar-refractivity contribution in [3.05, 3.63) is 70.4 Å². The van der Waals surface area contributed by atoms with Gasteiger partial charge in [0.2, 0.25) is 5.78 Å². The Hall–Kier alpha value is -2.57. The summed E-state index contributed by atoms with van der Waals surface area (Å²) in [6.07, 6.45) is 0. The van der Waals surface area contributed by atoms with Gasteiger partial charge in [0, 0.05) is 10.9 Å². The molecule has 4 heteroatoms. The van der Waals surface area contributed by atoms with Crippen LogP contribution in [0.25, 0.3) is 11.0 Å². The molecular weight excluding hydrogens is 274 g/mol. The Morgan fingerprint density at radius 1 is 1.15 bits per heavy atom. The molecule has 0 spiro atoms. The molecule has 0 bridgehead atoms. The van der Waals surface area contributed by atoms with E-state index < -0.39 is 0 Å². The van der Waals surface area contributed by atoms with E-state index in [1.807, 2.05) is 12.1 Å². The maximum absolute atomic E-state index is 12.3. The number of ketones is 1. The van der Waals surface area contributed by atoms with Gasteiger partial charge in [0.15, 0.2) is 11.3 Å². The van der Waals surface area contributed by atoms with Crippen molar-refractivity contribution in [1.29, 1.82) is 5.26 Å². The summed E-state index contributed by atoms with van der Waals surface area (Å²) in [5.41, 5.74) is 1.49. The second-order valence-electron chi connectivity index (χ2n) is 4.29. The van der Waals surface area contributed by atoms with E-state index in [1.54, 1.807) is 42.5 Å². The van der Waals surface area contributed by atoms with E-state index >= 15 is 0 Å². The van der Waals surface area contributed by atoms with Gasteiger partial charge in [0.05, 0.1) is 16.7 Å². The minimum atomic E-state index is -0.234. The van der Waals surface area contributed by atoms with Gasteiger partial charge in [-0.05, 0) is 36.4 Å². The number of furan rings is 1. The highest BCUT2D eigenvalue weighted by Gasteiger charge is 2.15. The van der Waals surface area contributed by atoms with Crippen molar-refractivity contribution >= 4 is 28.4 Å². The van der Waals surface area contributed by atoms with Crippen molar-refractivity contribution in [2.75, 3.05) is 0 Å². The smallest absolute Gasteiger partial charge is 0.228 e. The van der Waals surface area contributed by atoms with Crippen molar-refractivity contribution in [3.8, 4) is 6.07 Å². The third-order valence-electron chi connectivity index (χ3n) is 3.00. The Balaban J connectivity index is 2.03. The highest BCUT2D eigenvalue weighted by molar-refractivity contribution is 6.35. The fraction of sp³-hybridized carbons (Fsp3) is 0. The van der Waals surface area contributed by atoms with Crippen LogP contribution in [0.1, 0.15) is 21.7 Å². The van der Waals surface area contributed by atoms with Crippen LogP contribution in [0.2, 0.25) is 5.02 Å². The number of halogens is 1. The number of benzene rings is 2. The van der Waals surface area contributed by atoms with Gasteiger partial charge in [0.1, 0.15) is 0 Å². The minimum Gasteiger partial charge on any atom is -0.451 e. The molecule has 0 aliphatic carbocycles. The molecule has 3 nitrogen and oxygen atoms in total. The molecule has 20 heavy (non-hydrogen) atoms. The van der Waals surface area contributed by atoms with Crippen LogP contribution in [0.4, 0.5) is 0 Å². The number of hydrogen-bond donors (Lipinski definition) is 0. The van der Waals surface area contributed by atoms with Crippen molar-refractivity contribution < 1.29 is 9.21 Å². The van der Waals surface area contributed by atoms with E-state index in [1.165, 1.54) is 0 Å². The summed E-state index contributed by atoms with van der Waals surface area (Å²) in [7, 11) is 0. The summed E-state index contributed by atoms with van der Waals surface area (Å²) in [4.78, 5) is 12.3. The molecule has 0 N–H and O–H groups in total. The zero-order valence-electron chi connectivity index (χ0n) is 10.3. The molecule has 0 saturated carbocycles. The first kappa shape index (κ1) is 12.5. The van der Waals surface area contributed by atoms with Crippen molar-refractivity contribution in [2.24, 2.45) is 0 Å². The SMILES string of the molecule is N#Cc1ccc(C(=O)c2cc3cccc(Cl)c3o2)cc1. The quantitative estimate of drug-likeness (QED) is 0.662. The molecule has 2 aromatic carbocycles. The lowest BCUT2D eigenvalue weighted by molar-refractivity contribution is 0.101.